The Bertz CT molecular complexity index is 1060. The average Bonchev–Trinajstić information content (AvgIpc) is 2.80. The Hall–Kier alpha value is -1.89. The minimum Gasteiger partial charge on any atom is -0.481 e. The molecule has 9 atom stereocenters. The molecule has 7 heteroatoms. The summed E-state index contributed by atoms with van der Waals surface area (Å²) in [6, 6.07) is 0. The summed E-state index contributed by atoms with van der Waals surface area (Å²) in [5.74, 6) is -2.73. The van der Waals surface area contributed by atoms with Gasteiger partial charge in [0.2, 0.25) is 0 Å². The van der Waals surface area contributed by atoms with E-state index >= 15 is 0 Å². The summed E-state index contributed by atoms with van der Waals surface area (Å²) in [6.07, 6.45) is 6.65. The number of carboxylic acid groups (broad SMARTS) is 2. The van der Waals surface area contributed by atoms with Gasteiger partial charge in [0.15, 0.2) is 0 Å². The normalized spacial score (nSPS) is 46.6. The number of ether oxygens (including phenoxy) is 1. The highest BCUT2D eigenvalue weighted by Crippen LogP contribution is 2.75. The van der Waals surface area contributed by atoms with E-state index < -0.39 is 39.7 Å². The molecule has 7 nitrogen and oxygen atoms in total. The van der Waals surface area contributed by atoms with Crippen molar-refractivity contribution in [1.82, 2.24) is 0 Å². The predicted octanol–water partition coefficient (Wildman–Crippen LogP) is 5.70. The van der Waals surface area contributed by atoms with Crippen LogP contribution < -0.4 is 0 Å². The molecule has 0 aromatic heterocycles. The molecule has 38 heavy (non-hydrogen) atoms. The largest absolute Gasteiger partial charge is 0.481 e. The standard InChI is InChI=1S/C31H48O7/c1-18-11-14-31(24(34)35)16-15-28(5)19(23(31)30(18,7)37)9-10-21-27(4,17-22(32)33)20(12-13-29(21,28)6)26(2,3)25(36)38-8/h9,18,20-21,23,37H,10-17H2,1-8H3,(H,32,33)(H,34,35)/t18-,20?,21?,23-,27+,28-,29-,30-,31+/m1/s1. The monoisotopic (exact) mass is 532 g/mol. The lowest BCUT2D eigenvalue weighted by Gasteiger charge is -2.70. The molecular weight excluding hydrogens is 484 g/mol. The second-order valence-electron chi connectivity index (χ2n) is 14.6. The Kier molecular flexibility index (Phi) is 6.74. The van der Waals surface area contributed by atoms with Gasteiger partial charge in [-0.25, -0.2) is 0 Å². The second kappa shape index (κ2) is 8.81. The number of carboxylic acids is 2. The van der Waals surface area contributed by atoms with Gasteiger partial charge in [-0.3, -0.25) is 14.4 Å². The topological polar surface area (TPSA) is 121 Å². The first-order valence-corrected chi connectivity index (χ1v) is 14.3. The van der Waals surface area contributed by atoms with E-state index in [0.29, 0.717) is 38.5 Å². The minimum absolute atomic E-state index is 0.0224. The molecule has 0 amide bonds. The van der Waals surface area contributed by atoms with Gasteiger partial charge in [0.25, 0.3) is 0 Å². The summed E-state index contributed by atoms with van der Waals surface area (Å²) in [4.78, 5) is 38.1. The third-order valence-electron chi connectivity index (χ3n) is 12.9. The third kappa shape index (κ3) is 3.59. The van der Waals surface area contributed by atoms with Crippen molar-refractivity contribution in [3.8, 4) is 0 Å². The molecule has 0 spiro atoms. The number of rotatable bonds is 5. The molecule has 4 aliphatic rings. The summed E-state index contributed by atoms with van der Waals surface area (Å²) in [5.41, 5.74) is -3.30. The smallest absolute Gasteiger partial charge is 0.311 e. The van der Waals surface area contributed by atoms with Crippen molar-refractivity contribution in [2.24, 2.45) is 50.7 Å². The van der Waals surface area contributed by atoms with Crippen molar-refractivity contribution in [2.75, 3.05) is 7.11 Å². The van der Waals surface area contributed by atoms with Crippen molar-refractivity contribution in [2.45, 2.75) is 105 Å². The highest BCUT2D eigenvalue weighted by atomic mass is 16.5. The van der Waals surface area contributed by atoms with Crippen LogP contribution in [0.25, 0.3) is 0 Å². The van der Waals surface area contributed by atoms with Crippen molar-refractivity contribution >= 4 is 17.9 Å². The van der Waals surface area contributed by atoms with Crippen LogP contribution in [0.3, 0.4) is 0 Å². The van der Waals surface area contributed by atoms with Crippen LogP contribution in [0.5, 0.6) is 0 Å². The van der Waals surface area contributed by atoms with Gasteiger partial charge < -0.3 is 20.1 Å². The highest BCUT2D eigenvalue weighted by molar-refractivity contribution is 5.78. The van der Waals surface area contributed by atoms with Crippen LogP contribution in [0.4, 0.5) is 0 Å². The number of hydrogen-bond donors (Lipinski definition) is 3. The van der Waals surface area contributed by atoms with Crippen LogP contribution in [-0.2, 0) is 19.1 Å². The lowest BCUT2D eigenvalue weighted by Crippen LogP contribution is -2.67. The number of aliphatic carboxylic acids is 2. The number of carbonyl (C=O) groups is 3. The van der Waals surface area contributed by atoms with Crippen LogP contribution in [0.2, 0.25) is 0 Å². The number of carbonyl (C=O) groups excluding carboxylic acids is 1. The Morgan fingerprint density at radius 2 is 1.66 bits per heavy atom. The first-order chi connectivity index (χ1) is 17.4. The molecule has 214 valence electrons. The lowest BCUT2D eigenvalue weighted by atomic mass is 9.34. The Morgan fingerprint density at radius 1 is 1.03 bits per heavy atom. The van der Waals surface area contributed by atoms with Crippen molar-refractivity contribution in [3.63, 3.8) is 0 Å². The summed E-state index contributed by atoms with van der Waals surface area (Å²) in [5, 5.41) is 32.6. The van der Waals surface area contributed by atoms with Crippen LogP contribution >= 0.6 is 0 Å². The molecule has 3 fully saturated rings. The van der Waals surface area contributed by atoms with E-state index in [9.17, 15) is 29.7 Å². The maximum atomic E-state index is 12.9. The molecule has 0 radical (unpaired) electrons. The number of esters is 1. The molecule has 0 bridgehead atoms. The van der Waals surface area contributed by atoms with E-state index in [1.165, 1.54) is 7.11 Å². The molecule has 3 N–H and O–H groups in total. The summed E-state index contributed by atoms with van der Waals surface area (Å²) >= 11 is 0. The maximum Gasteiger partial charge on any atom is 0.311 e. The van der Waals surface area contributed by atoms with E-state index in [1.807, 2.05) is 34.6 Å². The van der Waals surface area contributed by atoms with Gasteiger partial charge in [0.1, 0.15) is 0 Å². The summed E-state index contributed by atoms with van der Waals surface area (Å²) in [6.45, 7) is 14.1. The van der Waals surface area contributed by atoms with E-state index in [4.69, 9.17) is 4.74 Å². The Morgan fingerprint density at radius 3 is 2.21 bits per heavy atom. The number of methoxy groups -OCH3 is 1. The van der Waals surface area contributed by atoms with Crippen LogP contribution in [0.15, 0.2) is 11.6 Å². The first-order valence-electron chi connectivity index (χ1n) is 14.3. The minimum atomic E-state index is -1.15. The molecule has 0 aromatic carbocycles. The Labute approximate surface area is 227 Å². The van der Waals surface area contributed by atoms with E-state index in [0.717, 1.165) is 12.0 Å². The zero-order chi connectivity index (χ0) is 28.7. The number of hydrogen-bond acceptors (Lipinski definition) is 5. The second-order valence-corrected chi connectivity index (χ2v) is 14.6. The Balaban J connectivity index is 1.89. The van der Waals surface area contributed by atoms with Crippen LogP contribution in [0.1, 0.15) is 99.8 Å². The SMILES string of the molecule is COC(=O)C(C)(C)C1CC[C@]2(C)C(CC=C3[C@H]4[C@](C(=O)O)(CC[C@@H](C)[C@@]4(C)O)CC[C@]32C)[C@@]1(C)CC(=O)O. The zero-order valence-corrected chi connectivity index (χ0v) is 24.5. The summed E-state index contributed by atoms with van der Waals surface area (Å²) < 4.78 is 5.18. The molecular formula is C31H48O7. The van der Waals surface area contributed by atoms with E-state index in [-0.39, 0.29) is 41.0 Å². The van der Waals surface area contributed by atoms with Gasteiger partial charge in [-0.05, 0) is 99.7 Å². The molecule has 4 rings (SSSR count). The van der Waals surface area contributed by atoms with Gasteiger partial charge in [0.05, 0.1) is 30.0 Å². The first kappa shape index (κ1) is 29.1. The fourth-order valence-electron chi connectivity index (χ4n) is 10.4. The van der Waals surface area contributed by atoms with E-state index in [2.05, 4.69) is 19.9 Å². The third-order valence-corrected chi connectivity index (χ3v) is 12.9. The molecule has 4 aliphatic carbocycles. The van der Waals surface area contributed by atoms with Gasteiger partial charge in [-0.2, -0.15) is 0 Å². The van der Waals surface area contributed by atoms with Crippen molar-refractivity contribution < 1.29 is 34.4 Å². The predicted molar refractivity (Wildman–Crippen MR) is 143 cm³/mol. The fraction of sp³-hybridized carbons (Fsp3) is 0.839. The molecule has 0 aliphatic heterocycles. The number of fused-ring (bicyclic) bond motifs is 5. The highest BCUT2D eigenvalue weighted by Gasteiger charge is 2.71. The van der Waals surface area contributed by atoms with Gasteiger partial charge >= 0.3 is 17.9 Å². The van der Waals surface area contributed by atoms with Crippen molar-refractivity contribution in [3.05, 3.63) is 11.6 Å². The van der Waals surface area contributed by atoms with Gasteiger partial charge in [-0.1, -0.05) is 39.3 Å². The number of allylic oxidation sites excluding steroid dienone is 1. The molecule has 3 saturated carbocycles. The average molecular weight is 533 g/mol. The molecule has 0 aromatic rings. The molecule has 0 saturated heterocycles. The van der Waals surface area contributed by atoms with Gasteiger partial charge in [-0.15, -0.1) is 0 Å². The lowest BCUT2D eigenvalue weighted by molar-refractivity contribution is -0.207. The van der Waals surface area contributed by atoms with E-state index in [1.54, 1.807) is 0 Å². The quantitative estimate of drug-likeness (QED) is 0.307. The van der Waals surface area contributed by atoms with Gasteiger partial charge in [0, 0.05) is 5.92 Å². The van der Waals surface area contributed by atoms with Crippen LogP contribution in [0, 0.1) is 50.7 Å². The zero-order valence-electron chi connectivity index (χ0n) is 24.5. The summed E-state index contributed by atoms with van der Waals surface area (Å²) in [7, 11) is 1.38. The maximum absolute atomic E-state index is 12.9. The van der Waals surface area contributed by atoms with Crippen molar-refractivity contribution in [1.29, 1.82) is 0 Å². The molecule has 0 heterocycles. The molecule has 2 unspecified atom stereocenters. The van der Waals surface area contributed by atoms with Crippen LogP contribution in [-0.4, -0.2) is 45.9 Å². The number of aliphatic hydroxyl groups is 1. The fourth-order valence-corrected chi connectivity index (χ4v) is 10.4.